The number of hydrogen-bond donors (Lipinski definition) is 2. The van der Waals surface area contributed by atoms with Gasteiger partial charge in [-0.05, 0) is 12.5 Å². The molecule has 2 unspecified atom stereocenters. The van der Waals surface area contributed by atoms with E-state index in [1.165, 1.54) is 16.4 Å². The summed E-state index contributed by atoms with van der Waals surface area (Å²) in [5.41, 5.74) is 5.56. The molecule has 0 aliphatic carbocycles. The standard InChI is InChI=1S/C13H16N4O2S/c1-8(14)10(9-6-4-3-5-7-9)20-13-15-11(18)12(19)16-17(13)2/h3-8,10H,14H2,1-2H3,(H,16,19). The van der Waals surface area contributed by atoms with Crippen molar-refractivity contribution < 1.29 is 0 Å². The third-order valence-corrected chi connectivity index (χ3v) is 4.32. The van der Waals surface area contributed by atoms with Gasteiger partial charge in [-0.25, -0.2) is 0 Å². The molecule has 0 aliphatic heterocycles. The van der Waals surface area contributed by atoms with Crippen LogP contribution in [0.15, 0.2) is 45.1 Å². The van der Waals surface area contributed by atoms with Crippen LogP contribution in [0.25, 0.3) is 0 Å². The summed E-state index contributed by atoms with van der Waals surface area (Å²) in [7, 11) is 1.64. The Morgan fingerprint density at radius 1 is 1.30 bits per heavy atom. The van der Waals surface area contributed by atoms with E-state index in [-0.39, 0.29) is 11.3 Å². The summed E-state index contributed by atoms with van der Waals surface area (Å²) in [6, 6.07) is 9.62. The maximum absolute atomic E-state index is 11.4. The Kier molecular flexibility index (Phi) is 4.41. The van der Waals surface area contributed by atoms with Gasteiger partial charge < -0.3 is 5.73 Å². The van der Waals surface area contributed by atoms with Crippen molar-refractivity contribution in [2.24, 2.45) is 12.8 Å². The summed E-state index contributed by atoms with van der Waals surface area (Å²) < 4.78 is 1.44. The maximum Gasteiger partial charge on any atom is 0.339 e. The van der Waals surface area contributed by atoms with E-state index in [0.29, 0.717) is 5.16 Å². The van der Waals surface area contributed by atoms with Crippen molar-refractivity contribution in [3.8, 4) is 0 Å². The molecule has 0 bridgehead atoms. The Morgan fingerprint density at radius 3 is 2.55 bits per heavy atom. The van der Waals surface area contributed by atoms with E-state index >= 15 is 0 Å². The lowest BCUT2D eigenvalue weighted by molar-refractivity contribution is 0.592. The van der Waals surface area contributed by atoms with Crippen LogP contribution in [-0.4, -0.2) is 20.8 Å². The van der Waals surface area contributed by atoms with Gasteiger partial charge in [-0.15, -0.1) is 0 Å². The fourth-order valence-corrected chi connectivity index (χ4v) is 2.88. The van der Waals surface area contributed by atoms with Crippen molar-refractivity contribution >= 4 is 11.8 Å². The average molecular weight is 292 g/mol. The SMILES string of the molecule is CC(N)C(Sc1nc(=O)c(=O)[nH]n1C)c1ccccc1. The molecule has 7 heteroatoms. The molecule has 2 atom stereocenters. The molecule has 2 rings (SSSR count). The molecule has 1 aromatic heterocycles. The van der Waals surface area contributed by atoms with Crippen molar-refractivity contribution in [1.82, 2.24) is 14.8 Å². The number of hydrogen-bond acceptors (Lipinski definition) is 5. The number of rotatable bonds is 4. The Balaban J connectivity index is 2.37. The van der Waals surface area contributed by atoms with Crippen molar-refractivity contribution in [2.75, 3.05) is 0 Å². The molecule has 1 aromatic carbocycles. The molecule has 1 heterocycles. The van der Waals surface area contributed by atoms with Gasteiger partial charge in [0.15, 0.2) is 5.16 Å². The van der Waals surface area contributed by atoms with Crippen LogP contribution in [0.1, 0.15) is 17.7 Å². The highest BCUT2D eigenvalue weighted by Gasteiger charge is 2.20. The first kappa shape index (κ1) is 14.5. The van der Waals surface area contributed by atoms with Crippen molar-refractivity contribution in [3.05, 3.63) is 56.6 Å². The Hall–Kier alpha value is -1.86. The summed E-state index contributed by atoms with van der Waals surface area (Å²) in [5.74, 6) is 0. The van der Waals surface area contributed by atoms with Gasteiger partial charge in [-0.3, -0.25) is 19.4 Å². The smallest absolute Gasteiger partial charge is 0.327 e. The minimum absolute atomic E-state index is 0.0554. The lowest BCUT2D eigenvalue weighted by atomic mass is 10.1. The second-order valence-electron chi connectivity index (χ2n) is 4.51. The highest BCUT2D eigenvalue weighted by molar-refractivity contribution is 7.99. The molecular formula is C13H16N4O2S. The van der Waals surface area contributed by atoms with Gasteiger partial charge >= 0.3 is 11.1 Å². The molecule has 0 amide bonds. The highest BCUT2D eigenvalue weighted by atomic mass is 32.2. The second-order valence-corrected chi connectivity index (χ2v) is 5.62. The van der Waals surface area contributed by atoms with Crippen LogP contribution < -0.4 is 16.9 Å². The monoisotopic (exact) mass is 292 g/mol. The van der Waals surface area contributed by atoms with E-state index in [1.54, 1.807) is 7.05 Å². The van der Waals surface area contributed by atoms with Gasteiger partial charge in [-0.1, -0.05) is 42.1 Å². The first-order valence-electron chi connectivity index (χ1n) is 6.13. The van der Waals surface area contributed by atoms with Crippen molar-refractivity contribution in [2.45, 2.75) is 23.4 Å². The zero-order valence-corrected chi connectivity index (χ0v) is 12.1. The van der Waals surface area contributed by atoms with E-state index in [9.17, 15) is 9.59 Å². The fourth-order valence-electron chi connectivity index (χ4n) is 1.80. The molecule has 3 N–H and O–H groups in total. The predicted octanol–water partition coefficient (Wildman–Crippen LogP) is 0.649. The summed E-state index contributed by atoms with van der Waals surface area (Å²) in [4.78, 5) is 26.4. The molecular weight excluding hydrogens is 276 g/mol. The van der Waals surface area contributed by atoms with E-state index in [2.05, 4.69) is 10.1 Å². The molecule has 0 aliphatic rings. The maximum atomic E-state index is 11.4. The third kappa shape index (κ3) is 3.17. The molecule has 20 heavy (non-hydrogen) atoms. The van der Waals surface area contributed by atoms with Gasteiger partial charge in [0.25, 0.3) is 0 Å². The van der Waals surface area contributed by atoms with Crippen LogP contribution in [0.3, 0.4) is 0 Å². The quantitative estimate of drug-likeness (QED) is 0.637. The van der Waals surface area contributed by atoms with Gasteiger partial charge in [0.2, 0.25) is 0 Å². The van der Waals surface area contributed by atoms with Crippen LogP contribution in [-0.2, 0) is 7.05 Å². The molecule has 0 saturated carbocycles. The average Bonchev–Trinajstić information content (AvgIpc) is 2.42. The van der Waals surface area contributed by atoms with Crippen LogP contribution in [0, 0.1) is 0 Å². The number of H-pyrrole nitrogens is 1. The van der Waals surface area contributed by atoms with Crippen LogP contribution in [0.5, 0.6) is 0 Å². The third-order valence-electron chi connectivity index (χ3n) is 2.79. The van der Waals surface area contributed by atoms with Crippen molar-refractivity contribution in [3.63, 3.8) is 0 Å². The number of aromatic nitrogens is 3. The lowest BCUT2D eigenvalue weighted by Gasteiger charge is -2.20. The van der Waals surface area contributed by atoms with Crippen LogP contribution >= 0.6 is 11.8 Å². The second kappa shape index (κ2) is 6.06. The summed E-state index contributed by atoms with van der Waals surface area (Å²) in [6.45, 7) is 1.90. The summed E-state index contributed by atoms with van der Waals surface area (Å²) in [6.07, 6.45) is 0. The number of nitrogens with two attached hydrogens (primary N) is 1. The fraction of sp³-hybridized carbons (Fsp3) is 0.308. The van der Waals surface area contributed by atoms with Crippen molar-refractivity contribution in [1.29, 1.82) is 0 Å². The Morgan fingerprint density at radius 2 is 1.95 bits per heavy atom. The zero-order chi connectivity index (χ0) is 14.7. The minimum atomic E-state index is -0.790. The highest BCUT2D eigenvalue weighted by Crippen LogP contribution is 2.35. The number of aryl methyl sites for hydroxylation is 1. The molecule has 0 spiro atoms. The van der Waals surface area contributed by atoms with E-state index in [0.717, 1.165) is 5.56 Å². The van der Waals surface area contributed by atoms with Crippen LogP contribution in [0.4, 0.5) is 0 Å². The van der Waals surface area contributed by atoms with Gasteiger partial charge in [0, 0.05) is 13.1 Å². The lowest BCUT2D eigenvalue weighted by Crippen LogP contribution is -2.34. The summed E-state index contributed by atoms with van der Waals surface area (Å²) >= 11 is 1.36. The van der Waals surface area contributed by atoms with Gasteiger partial charge in [-0.2, -0.15) is 4.98 Å². The first-order valence-corrected chi connectivity index (χ1v) is 7.01. The molecule has 0 radical (unpaired) electrons. The minimum Gasteiger partial charge on any atom is -0.327 e. The molecule has 6 nitrogen and oxygen atoms in total. The Labute approximate surface area is 120 Å². The predicted molar refractivity (Wildman–Crippen MR) is 78.8 cm³/mol. The largest absolute Gasteiger partial charge is 0.339 e. The number of nitrogens with one attached hydrogen (secondary N) is 1. The zero-order valence-electron chi connectivity index (χ0n) is 11.2. The van der Waals surface area contributed by atoms with E-state index in [4.69, 9.17) is 5.73 Å². The molecule has 0 fully saturated rings. The number of nitrogens with zero attached hydrogens (tertiary/aromatic N) is 2. The van der Waals surface area contributed by atoms with Crippen LogP contribution in [0.2, 0.25) is 0 Å². The number of benzene rings is 1. The molecule has 0 saturated heterocycles. The van der Waals surface area contributed by atoms with E-state index in [1.807, 2.05) is 37.3 Å². The molecule has 106 valence electrons. The van der Waals surface area contributed by atoms with E-state index < -0.39 is 11.1 Å². The van der Waals surface area contributed by atoms with Gasteiger partial charge in [0.1, 0.15) is 0 Å². The number of thioether (sulfide) groups is 1. The number of aromatic amines is 1. The first-order chi connectivity index (χ1) is 9.49. The Bertz CT molecular complexity index is 694. The summed E-state index contributed by atoms with van der Waals surface area (Å²) in [5, 5.41) is 2.80. The molecule has 2 aromatic rings. The topological polar surface area (TPSA) is 93.8 Å². The normalized spacial score (nSPS) is 13.9. The van der Waals surface area contributed by atoms with Gasteiger partial charge in [0.05, 0.1) is 5.25 Å².